The van der Waals surface area contributed by atoms with Gasteiger partial charge in [0.05, 0.1) is 46.3 Å². The zero-order valence-electron chi connectivity index (χ0n) is 25.7. The molecule has 43 heavy (non-hydrogen) atoms. The van der Waals surface area contributed by atoms with Gasteiger partial charge in [-0.05, 0) is 84.0 Å². The highest BCUT2D eigenvalue weighted by atomic mass is 16.6. The van der Waals surface area contributed by atoms with Gasteiger partial charge in [-0.2, -0.15) is 0 Å². The number of pyridine rings is 3. The maximum Gasteiger partial charge on any atom is 0.410 e. The SMILES string of the molecule is CC(C)(C)OC(=O)N1CCCNCC1.Cc1cccc(-c2nc[nH]c2-c2ccc3ncc(N4CCCNCC4)cc3n2)n1. The highest BCUT2D eigenvalue weighted by molar-refractivity contribution is 5.83. The molecule has 0 spiro atoms. The summed E-state index contributed by atoms with van der Waals surface area (Å²) >= 11 is 0. The van der Waals surface area contributed by atoms with Gasteiger partial charge in [0.25, 0.3) is 0 Å². The van der Waals surface area contributed by atoms with E-state index in [0.717, 1.165) is 110 Å². The van der Waals surface area contributed by atoms with Crippen molar-refractivity contribution in [3.05, 3.63) is 54.6 Å². The summed E-state index contributed by atoms with van der Waals surface area (Å²) in [7, 11) is 0. The Morgan fingerprint density at radius 2 is 1.65 bits per heavy atom. The minimum Gasteiger partial charge on any atom is -0.444 e. The number of carbonyl (C=O) groups is 1. The number of nitrogens with one attached hydrogen (secondary N) is 3. The average molecular weight is 586 g/mol. The number of aromatic nitrogens is 5. The number of nitrogens with zero attached hydrogens (tertiary/aromatic N) is 6. The molecule has 6 heterocycles. The highest BCUT2D eigenvalue weighted by Gasteiger charge is 2.22. The monoisotopic (exact) mass is 585 g/mol. The number of hydrogen-bond donors (Lipinski definition) is 3. The summed E-state index contributed by atoms with van der Waals surface area (Å²) in [6.07, 6.45) is 5.58. The van der Waals surface area contributed by atoms with Crippen molar-refractivity contribution >= 4 is 22.8 Å². The number of ether oxygens (including phenoxy) is 1. The average Bonchev–Trinajstić information content (AvgIpc) is 3.14. The lowest BCUT2D eigenvalue weighted by Gasteiger charge is -2.26. The van der Waals surface area contributed by atoms with Gasteiger partial charge in [0, 0.05) is 45.0 Å². The molecule has 0 bridgehead atoms. The summed E-state index contributed by atoms with van der Waals surface area (Å²) in [5.41, 5.74) is 6.82. The molecule has 1 amide bonds. The van der Waals surface area contributed by atoms with E-state index in [1.54, 1.807) is 11.2 Å². The van der Waals surface area contributed by atoms with Crippen molar-refractivity contribution in [1.29, 1.82) is 0 Å². The minimum atomic E-state index is -0.392. The fourth-order valence-corrected chi connectivity index (χ4v) is 5.13. The lowest BCUT2D eigenvalue weighted by atomic mass is 10.1. The third kappa shape index (κ3) is 8.26. The molecule has 2 fully saturated rings. The topological polar surface area (TPSA) is 124 Å². The first-order chi connectivity index (χ1) is 20.8. The van der Waals surface area contributed by atoms with Crippen LogP contribution in [0.5, 0.6) is 0 Å². The van der Waals surface area contributed by atoms with Crippen molar-refractivity contribution in [2.24, 2.45) is 0 Å². The number of aromatic amines is 1. The first-order valence-electron chi connectivity index (χ1n) is 15.2. The first kappa shape index (κ1) is 30.4. The minimum absolute atomic E-state index is 0.193. The number of carbonyl (C=O) groups excluding carboxylic acids is 1. The van der Waals surface area contributed by atoms with E-state index in [1.165, 1.54) is 0 Å². The molecule has 0 aromatic carbocycles. The van der Waals surface area contributed by atoms with Gasteiger partial charge >= 0.3 is 6.09 Å². The molecule has 0 saturated carbocycles. The number of amides is 1. The number of anilines is 1. The molecule has 2 saturated heterocycles. The zero-order valence-corrected chi connectivity index (χ0v) is 25.7. The second-order valence-corrected chi connectivity index (χ2v) is 11.9. The molecule has 6 rings (SSSR count). The van der Waals surface area contributed by atoms with Gasteiger partial charge in [-0.3, -0.25) is 9.97 Å². The van der Waals surface area contributed by atoms with Gasteiger partial charge in [0.15, 0.2) is 0 Å². The van der Waals surface area contributed by atoms with Crippen LogP contribution in [0.4, 0.5) is 10.5 Å². The lowest BCUT2D eigenvalue weighted by molar-refractivity contribution is 0.0262. The van der Waals surface area contributed by atoms with Crippen molar-refractivity contribution < 1.29 is 9.53 Å². The molecule has 0 radical (unpaired) electrons. The van der Waals surface area contributed by atoms with Crippen LogP contribution in [-0.2, 0) is 4.74 Å². The normalized spacial score (nSPS) is 16.2. The van der Waals surface area contributed by atoms with E-state index >= 15 is 0 Å². The molecule has 11 heteroatoms. The van der Waals surface area contributed by atoms with Crippen molar-refractivity contribution in [2.75, 3.05) is 57.3 Å². The number of rotatable bonds is 3. The molecular formula is C32H43N9O2. The fraction of sp³-hybridized carbons (Fsp3) is 0.469. The van der Waals surface area contributed by atoms with Crippen LogP contribution >= 0.6 is 0 Å². The number of fused-ring (bicyclic) bond motifs is 1. The van der Waals surface area contributed by atoms with E-state index in [4.69, 9.17) is 9.72 Å². The Balaban J connectivity index is 0.000000222. The van der Waals surface area contributed by atoms with Crippen LogP contribution in [-0.4, -0.2) is 93.9 Å². The van der Waals surface area contributed by atoms with Crippen LogP contribution in [0.1, 0.15) is 39.3 Å². The molecule has 4 aromatic rings. The molecule has 0 atom stereocenters. The smallest absolute Gasteiger partial charge is 0.410 e. The van der Waals surface area contributed by atoms with Gasteiger partial charge < -0.3 is 30.2 Å². The first-order valence-corrected chi connectivity index (χ1v) is 15.2. The molecule has 228 valence electrons. The van der Waals surface area contributed by atoms with Crippen LogP contribution in [0.3, 0.4) is 0 Å². The van der Waals surface area contributed by atoms with Crippen LogP contribution in [0.2, 0.25) is 0 Å². The van der Waals surface area contributed by atoms with Crippen molar-refractivity contribution in [3.63, 3.8) is 0 Å². The number of aryl methyl sites for hydroxylation is 1. The summed E-state index contributed by atoms with van der Waals surface area (Å²) in [5, 5.41) is 6.69. The Hall–Kier alpha value is -4.09. The van der Waals surface area contributed by atoms with E-state index < -0.39 is 5.60 Å². The molecule has 0 aliphatic carbocycles. The van der Waals surface area contributed by atoms with E-state index in [9.17, 15) is 4.79 Å². The molecule has 3 N–H and O–H groups in total. The Bertz CT molecular complexity index is 1500. The Morgan fingerprint density at radius 1 is 0.860 bits per heavy atom. The quantitative estimate of drug-likeness (QED) is 0.321. The van der Waals surface area contributed by atoms with Crippen LogP contribution in [0.15, 0.2) is 48.9 Å². The number of H-pyrrole nitrogens is 1. The third-order valence-corrected chi connectivity index (χ3v) is 7.25. The maximum atomic E-state index is 11.6. The molecule has 0 unspecified atom stereocenters. The highest BCUT2D eigenvalue weighted by Crippen LogP contribution is 2.29. The van der Waals surface area contributed by atoms with Crippen LogP contribution in [0.25, 0.3) is 33.8 Å². The number of hydrogen-bond acceptors (Lipinski definition) is 9. The van der Waals surface area contributed by atoms with Crippen molar-refractivity contribution in [2.45, 2.75) is 46.1 Å². The van der Waals surface area contributed by atoms with E-state index in [-0.39, 0.29) is 6.09 Å². The van der Waals surface area contributed by atoms with Gasteiger partial charge in [0.1, 0.15) is 11.3 Å². The van der Waals surface area contributed by atoms with Crippen molar-refractivity contribution in [3.8, 4) is 22.8 Å². The van der Waals surface area contributed by atoms with E-state index in [2.05, 4.69) is 41.5 Å². The summed E-state index contributed by atoms with van der Waals surface area (Å²) in [6.45, 7) is 15.1. The number of imidazole rings is 1. The molecule has 4 aromatic heterocycles. The van der Waals surface area contributed by atoms with Gasteiger partial charge in [-0.15, -0.1) is 0 Å². The fourth-order valence-electron chi connectivity index (χ4n) is 5.13. The van der Waals surface area contributed by atoms with Gasteiger partial charge in [0.2, 0.25) is 0 Å². The standard InChI is InChI=1S/C22H23N7.C10H20N2O2/c1-15-4-2-5-18(27-15)21-22(26-14-25-21)19-7-6-17-20(28-19)12-16(13-24-17)29-10-3-8-23-9-11-29;1-10(2,3)14-9(13)12-7-4-5-11-6-8-12/h2,4-7,12-14,23H,3,8-11H2,1H3,(H,25,26);11H,4-8H2,1-3H3. The Morgan fingerprint density at radius 3 is 2.44 bits per heavy atom. The summed E-state index contributed by atoms with van der Waals surface area (Å²) in [5.74, 6) is 0. The summed E-state index contributed by atoms with van der Waals surface area (Å²) < 4.78 is 5.29. The second-order valence-electron chi connectivity index (χ2n) is 11.9. The lowest BCUT2D eigenvalue weighted by Crippen LogP contribution is -2.38. The van der Waals surface area contributed by atoms with Crippen molar-refractivity contribution in [1.82, 2.24) is 40.5 Å². The maximum absolute atomic E-state index is 11.6. The Kier molecular flexibility index (Phi) is 9.83. The largest absolute Gasteiger partial charge is 0.444 e. The summed E-state index contributed by atoms with van der Waals surface area (Å²) in [6, 6.07) is 12.1. The predicted octanol–water partition coefficient (Wildman–Crippen LogP) is 4.41. The molecule has 11 nitrogen and oxygen atoms in total. The predicted molar refractivity (Wildman–Crippen MR) is 170 cm³/mol. The zero-order chi connectivity index (χ0) is 30.2. The van der Waals surface area contributed by atoms with Crippen LogP contribution < -0.4 is 15.5 Å². The van der Waals surface area contributed by atoms with Crippen LogP contribution in [0, 0.1) is 6.92 Å². The molecule has 2 aliphatic rings. The van der Waals surface area contributed by atoms with Gasteiger partial charge in [-0.25, -0.2) is 14.8 Å². The molecular weight excluding hydrogens is 542 g/mol. The Labute approximate surface area is 253 Å². The van der Waals surface area contributed by atoms with E-state index in [0.29, 0.717) is 0 Å². The second kappa shape index (κ2) is 13.9. The molecule has 2 aliphatic heterocycles. The van der Waals surface area contributed by atoms with E-state index in [1.807, 2.05) is 64.2 Å². The van der Waals surface area contributed by atoms with Gasteiger partial charge in [-0.1, -0.05) is 6.07 Å². The summed E-state index contributed by atoms with van der Waals surface area (Å²) in [4.78, 5) is 37.7. The third-order valence-electron chi connectivity index (χ3n) is 7.25.